The number of aromatic hydroxyl groups is 1. The van der Waals surface area contributed by atoms with E-state index in [0.29, 0.717) is 15.4 Å². The van der Waals surface area contributed by atoms with E-state index in [-0.39, 0.29) is 36.5 Å². The summed E-state index contributed by atoms with van der Waals surface area (Å²) in [7, 11) is 2.12. The topological polar surface area (TPSA) is 157 Å². The molecular formula is C26H26N2O10. The third kappa shape index (κ3) is 3.42. The van der Waals surface area contributed by atoms with Crippen LogP contribution in [0.5, 0.6) is 11.5 Å². The van der Waals surface area contributed by atoms with Crippen molar-refractivity contribution < 1.29 is 48.1 Å². The van der Waals surface area contributed by atoms with Crippen molar-refractivity contribution in [2.24, 2.45) is 29.6 Å². The van der Waals surface area contributed by atoms with Crippen LogP contribution >= 0.6 is 0 Å². The third-order valence-corrected chi connectivity index (χ3v) is 8.03. The number of amides is 6. The molecule has 0 aromatic heterocycles. The van der Waals surface area contributed by atoms with Crippen LogP contribution in [0.2, 0.25) is 0 Å². The van der Waals surface area contributed by atoms with Crippen molar-refractivity contribution in [2.75, 3.05) is 20.8 Å². The molecular weight excluding hydrogens is 500 g/mol. The number of methoxy groups -OCH3 is 2. The summed E-state index contributed by atoms with van der Waals surface area (Å²) >= 11 is 0. The van der Waals surface area contributed by atoms with E-state index in [4.69, 9.17) is 4.74 Å². The lowest BCUT2D eigenvalue weighted by atomic mass is 9.57. The van der Waals surface area contributed by atoms with Gasteiger partial charge in [0.15, 0.2) is 11.5 Å². The Bertz CT molecular complexity index is 1300. The molecule has 2 aliphatic carbocycles. The minimum absolute atomic E-state index is 0.00776. The van der Waals surface area contributed by atoms with E-state index in [1.165, 1.54) is 0 Å². The third-order valence-electron chi connectivity index (χ3n) is 8.03. The van der Waals surface area contributed by atoms with Gasteiger partial charge in [-0.15, -0.1) is 0 Å². The molecule has 3 fully saturated rings. The van der Waals surface area contributed by atoms with Crippen molar-refractivity contribution in [3.8, 4) is 11.5 Å². The smallest absolute Gasteiger partial charge is 0.423 e. The number of para-hydroxylation sites is 1. The van der Waals surface area contributed by atoms with Crippen molar-refractivity contribution in [1.82, 2.24) is 9.80 Å². The number of ether oxygens (including phenoxy) is 3. The summed E-state index contributed by atoms with van der Waals surface area (Å²) in [6.45, 7) is 2.00. The molecule has 0 radical (unpaired) electrons. The van der Waals surface area contributed by atoms with Crippen LogP contribution in [0.1, 0.15) is 31.2 Å². The lowest BCUT2D eigenvalue weighted by molar-refractivity contribution is -0.139. The number of phenolic OH excluding ortho intramolecular Hbond substituents is 1. The van der Waals surface area contributed by atoms with Crippen LogP contribution in [0.25, 0.3) is 0 Å². The minimum Gasteiger partial charge on any atom is -0.504 e. The lowest BCUT2D eigenvalue weighted by Crippen LogP contribution is -2.43. The first-order valence-corrected chi connectivity index (χ1v) is 12.2. The molecule has 6 amide bonds. The summed E-state index contributed by atoms with van der Waals surface area (Å²) in [5.41, 5.74) is 0.868. The summed E-state index contributed by atoms with van der Waals surface area (Å²) in [4.78, 5) is 78.9. The minimum atomic E-state index is -1.13. The highest BCUT2D eigenvalue weighted by Gasteiger charge is 2.64. The van der Waals surface area contributed by atoms with Gasteiger partial charge in [-0.3, -0.25) is 19.2 Å². The van der Waals surface area contributed by atoms with Crippen LogP contribution < -0.4 is 4.74 Å². The van der Waals surface area contributed by atoms with E-state index >= 15 is 0 Å². The molecule has 0 bridgehead atoms. The maximum Gasteiger partial charge on any atom is 0.423 e. The quantitative estimate of drug-likeness (QED) is 0.456. The van der Waals surface area contributed by atoms with Gasteiger partial charge in [0.2, 0.25) is 23.6 Å². The number of likely N-dealkylation sites (tertiary alicyclic amines) is 2. The van der Waals surface area contributed by atoms with Gasteiger partial charge >= 0.3 is 12.2 Å². The fourth-order valence-electron chi connectivity index (χ4n) is 6.54. The SMILES string of the molecule is CCOc1cccc(C2C3=CCC4C(=O)N(C(=O)OC)C(=O)C4C3CC3C(=O)N(C(=O)OC)C(=O)C32)c1O. The van der Waals surface area contributed by atoms with Gasteiger partial charge in [-0.05, 0) is 31.7 Å². The Morgan fingerprint density at radius 3 is 2.11 bits per heavy atom. The van der Waals surface area contributed by atoms with Crippen molar-refractivity contribution in [3.05, 3.63) is 35.4 Å². The Hall–Kier alpha value is -4.22. The summed E-state index contributed by atoms with van der Waals surface area (Å²) in [6, 6.07) is 4.78. The van der Waals surface area contributed by atoms with Gasteiger partial charge in [-0.2, -0.15) is 9.80 Å². The van der Waals surface area contributed by atoms with E-state index in [0.717, 1.165) is 14.2 Å². The maximum atomic E-state index is 13.5. The average Bonchev–Trinajstić information content (AvgIpc) is 3.32. The number of nitrogens with zero attached hydrogens (tertiary/aromatic N) is 2. The predicted molar refractivity (Wildman–Crippen MR) is 125 cm³/mol. The number of hydrogen-bond donors (Lipinski definition) is 1. The molecule has 1 aromatic rings. The van der Waals surface area contributed by atoms with Gasteiger partial charge in [0.25, 0.3) is 0 Å². The number of hydrogen-bond acceptors (Lipinski definition) is 10. The molecule has 12 heteroatoms. The van der Waals surface area contributed by atoms with Gasteiger partial charge < -0.3 is 19.3 Å². The molecule has 38 heavy (non-hydrogen) atoms. The van der Waals surface area contributed by atoms with Gasteiger partial charge in [0.05, 0.1) is 44.5 Å². The van der Waals surface area contributed by atoms with Crippen LogP contribution in [-0.2, 0) is 28.7 Å². The van der Waals surface area contributed by atoms with Gasteiger partial charge in [0, 0.05) is 11.5 Å². The molecule has 1 saturated carbocycles. The number of imide groups is 6. The Labute approximate surface area is 217 Å². The molecule has 200 valence electrons. The van der Waals surface area contributed by atoms with E-state index in [1.807, 2.05) is 0 Å². The Balaban J connectivity index is 1.66. The number of phenols is 1. The predicted octanol–water partition coefficient (Wildman–Crippen LogP) is 1.96. The summed E-state index contributed by atoms with van der Waals surface area (Å²) in [5, 5.41) is 11.1. The molecule has 6 atom stereocenters. The van der Waals surface area contributed by atoms with Crippen LogP contribution in [0.15, 0.2) is 29.8 Å². The molecule has 2 heterocycles. The normalized spacial score (nSPS) is 29.9. The summed E-state index contributed by atoms with van der Waals surface area (Å²) < 4.78 is 14.8. The zero-order chi connectivity index (χ0) is 27.5. The van der Waals surface area contributed by atoms with Crippen LogP contribution in [-0.4, -0.2) is 71.5 Å². The molecule has 12 nitrogen and oxygen atoms in total. The largest absolute Gasteiger partial charge is 0.504 e. The standard InChI is InChI=1S/C26H26N2O10/c1-4-38-16-7-5-6-12(20(16)29)17-11-8-9-13-18(23(32)27(21(13)30)25(34)36-2)14(11)10-15-19(17)24(33)28(22(15)31)26(35)37-3/h5-8,13-15,17-19,29H,4,9-10H2,1-3H3. The van der Waals surface area contributed by atoms with E-state index in [9.17, 15) is 33.9 Å². The fourth-order valence-corrected chi connectivity index (χ4v) is 6.54. The molecule has 6 unspecified atom stereocenters. The first-order valence-electron chi connectivity index (χ1n) is 12.2. The van der Waals surface area contributed by atoms with Crippen LogP contribution in [0.4, 0.5) is 9.59 Å². The highest BCUT2D eigenvalue weighted by Crippen LogP contribution is 2.59. The number of rotatable bonds is 3. The number of carbonyl (C=O) groups is 6. The van der Waals surface area contributed by atoms with Gasteiger partial charge in [-0.25, -0.2) is 9.59 Å². The molecule has 1 aromatic carbocycles. The van der Waals surface area contributed by atoms with Crippen LogP contribution in [0, 0.1) is 29.6 Å². The van der Waals surface area contributed by atoms with Crippen molar-refractivity contribution >= 4 is 35.8 Å². The van der Waals surface area contributed by atoms with E-state index in [1.54, 1.807) is 31.2 Å². The Kier molecular flexibility index (Phi) is 6.20. The number of carbonyl (C=O) groups excluding carboxylic acids is 6. The molecule has 5 rings (SSSR count). The van der Waals surface area contributed by atoms with Gasteiger partial charge in [0.1, 0.15) is 0 Å². The maximum absolute atomic E-state index is 13.5. The molecule has 2 aliphatic heterocycles. The molecule has 1 N–H and O–H groups in total. The number of allylic oxidation sites excluding steroid dienone is 2. The highest BCUT2D eigenvalue weighted by molar-refractivity contribution is 6.17. The molecule has 2 saturated heterocycles. The van der Waals surface area contributed by atoms with E-state index < -0.39 is 71.3 Å². The highest BCUT2D eigenvalue weighted by atomic mass is 16.5. The van der Waals surface area contributed by atoms with Crippen molar-refractivity contribution in [3.63, 3.8) is 0 Å². The second-order valence-corrected chi connectivity index (χ2v) is 9.62. The first-order chi connectivity index (χ1) is 18.2. The second-order valence-electron chi connectivity index (χ2n) is 9.62. The van der Waals surface area contributed by atoms with Crippen LogP contribution in [0.3, 0.4) is 0 Å². The second kappa shape index (κ2) is 9.26. The fraction of sp³-hybridized carbons (Fsp3) is 0.462. The average molecular weight is 526 g/mol. The number of benzene rings is 1. The van der Waals surface area contributed by atoms with Crippen molar-refractivity contribution in [2.45, 2.75) is 25.7 Å². The van der Waals surface area contributed by atoms with Crippen molar-refractivity contribution in [1.29, 1.82) is 0 Å². The number of fused-ring (bicyclic) bond motifs is 4. The molecule has 4 aliphatic rings. The first kappa shape index (κ1) is 25.4. The molecule has 0 spiro atoms. The van der Waals surface area contributed by atoms with Gasteiger partial charge in [-0.1, -0.05) is 23.8 Å². The van der Waals surface area contributed by atoms with E-state index in [2.05, 4.69) is 9.47 Å². The zero-order valence-electron chi connectivity index (χ0n) is 20.9. The summed E-state index contributed by atoms with van der Waals surface area (Å²) in [6.07, 6.45) is -0.376. The Morgan fingerprint density at radius 2 is 1.50 bits per heavy atom. The lowest BCUT2D eigenvalue weighted by Gasteiger charge is -2.44. The monoisotopic (exact) mass is 526 g/mol. The zero-order valence-corrected chi connectivity index (χ0v) is 20.9. The Morgan fingerprint density at radius 1 is 0.895 bits per heavy atom. The summed E-state index contributed by atoms with van der Waals surface area (Å²) in [5.74, 6) is -8.57.